The largest absolute Gasteiger partial charge is 0.299 e. The Labute approximate surface area is 93.5 Å². The highest BCUT2D eigenvalue weighted by Crippen LogP contribution is 2.43. The molecular formula is C13H14F2O. The number of carbonyl (C=O) groups excluding carboxylic acids is 1. The second kappa shape index (κ2) is 3.65. The third kappa shape index (κ3) is 1.86. The topological polar surface area (TPSA) is 17.1 Å². The maximum Gasteiger partial charge on any atom is 0.159 e. The molecule has 1 aromatic rings. The molecule has 0 radical (unpaired) electrons. The number of rotatable bonds is 1. The fourth-order valence-corrected chi connectivity index (χ4v) is 2.30. The molecule has 1 aromatic carbocycles. The number of halogens is 2. The molecule has 0 bridgehead atoms. The molecule has 0 N–H and O–H groups in total. The zero-order valence-electron chi connectivity index (χ0n) is 9.39. The van der Waals surface area contributed by atoms with Crippen LogP contribution in [0.5, 0.6) is 0 Å². The van der Waals surface area contributed by atoms with Gasteiger partial charge in [-0.05, 0) is 30.0 Å². The summed E-state index contributed by atoms with van der Waals surface area (Å²) < 4.78 is 25.8. The molecule has 1 unspecified atom stereocenters. The van der Waals surface area contributed by atoms with Gasteiger partial charge in [-0.3, -0.25) is 4.79 Å². The molecule has 1 nitrogen and oxygen atoms in total. The van der Waals surface area contributed by atoms with E-state index in [-0.39, 0.29) is 17.1 Å². The smallest absolute Gasteiger partial charge is 0.159 e. The maximum absolute atomic E-state index is 13.1. The number of carbonyl (C=O) groups is 1. The van der Waals surface area contributed by atoms with Crippen molar-refractivity contribution in [3.05, 3.63) is 35.4 Å². The molecule has 86 valence electrons. The van der Waals surface area contributed by atoms with Gasteiger partial charge in [0.05, 0.1) is 0 Å². The Bertz CT molecular complexity index is 438. The monoisotopic (exact) mass is 224 g/mol. The second-order valence-corrected chi connectivity index (χ2v) is 5.09. The first kappa shape index (κ1) is 11.2. The average Bonchev–Trinajstić information content (AvgIpc) is 2.46. The van der Waals surface area contributed by atoms with Gasteiger partial charge >= 0.3 is 0 Å². The molecular weight excluding hydrogens is 210 g/mol. The third-order valence-electron chi connectivity index (χ3n) is 3.36. The average molecular weight is 224 g/mol. The molecule has 0 heterocycles. The number of hydrogen-bond acceptors (Lipinski definition) is 1. The summed E-state index contributed by atoms with van der Waals surface area (Å²) in [6, 6.07) is 3.90. The van der Waals surface area contributed by atoms with Gasteiger partial charge in [-0.25, -0.2) is 8.78 Å². The Morgan fingerprint density at radius 3 is 2.44 bits per heavy atom. The van der Waals surface area contributed by atoms with Crippen molar-refractivity contribution < 1.29 is 13.6 Å². The molecule has 1 fully saturated rings. The second-order valence-electron chi connectivity index (χ2n) is 5.09. The Morgan fingerprint density at radius 2 is 1.94 bits per heavy atom. The van der Waals surface area contributed by atoms with E-state index in [1.54, 1.807) is 6.07 Å². The molecule has 0 amide bonds. The van der Waals surface area contributed by atoms with Gasteiger partial charge in [0.1, 0.15) is 5.78 Å². The normalized spacial score (nSPS) is 23.8. The molecule has 3 heteroatoms. The molecule has 16 heavy (non-hydrogen) atoms. The lowest BCUT2D eigenvalue weighted by Crippen LogP contribution is -2.15. The Hall–Kier alpha value is -1.25. The van der Waals surface area contributed by atoms with Gasteiger partial charge in [0.15, 0.2) is 11.6 Å². The standard InChI is InChI=1S/C13H14F2O/c1-13(2)7-9(6-12(13)16)8-3-4-10(14)11(15)5-8/h3-5,9H,6-7H2,1-2H3. The van der Waals surface area contributed by atoms with Crippen LogP contribution in [0.4, 0.5) is 8.78 Å². The van der Waals surface area contributed by atoms with Crippen LogP contribution in [0.15, 0.2) is 18.2 Å². The number of benzene rings is 1. The number of ketones is 1. The summed E-state index contributed by atoms with van der Waals surface area (Å²) in [5, 5.41) is 0. The lowest BCUT2D eigenvalue weighted by atomic mass is 9.88. The summed E-state index contributed by atoms with van der Waals surface area (Å²) in [6.45, 7) is 3.80. The lowest BCUT2D eigenvalue weighted by Gasteiger charge is -2.15. The molecule has 1 aliphatic rings. The van der Waals surface area contributed by atoms with E-state index in [9.17, 15) is 13.6 Å². The van der Waals surface area contributed by atoms with Crippen molar-refractivity contribution >= 4 is 5.78 Å². The van der Waals surface area contributed by atoms with E-state index in [1.165, 1.54) is 6.07 Å². The summed E-state index contributed by atoms with van der Waals surface area (Å²) in [5.74, 6) is -1.46. The van der Waals surface area contributed by atoms with Crippen molar-refractivity contribution in [1.82, 2.24) is 0 Å². The molecule has 1 aliphatic carbocycles. The van der Waals surface area contributed by atoms with Gasteiger partial charge in [0.25, 0.3) is 0 Å². The van der Waals surface area contributed by atoms with Crippen LogP contribution in [0.1, 0.15) is 38.2 Å². The molecule has 2 rings (SSSR count). The van der Waals surface area contributed by atoms with Crippen LogP contribution in [-0.4, -0.2) is 5.78 Å². The van der Waals surface area contributed by atoms with Crippen LogP contribution in [-0.2, 0) is 4.79 Å². The minimum absolute atomic E-state index is 0.0256. The maximum atomic E-state index is 13.1. The molecule has 0 saturated heterocycles. The third-order valence-corrected chi connectivity index (χ3v) is 3.36. The van der Waals surface area contributed by atoms with Crippen LogP contribution < -0.4 is 0 Å². The van der Waals surface area contributed by atoms with Gasteiger partial charge in [-0.1, -0.05) is 19.9 Å². The van der Waals surface area contributed by atoms with Gasteiger partial charge in [0.2, 0.25) is 0 Å². The minimum Gasteiger partial charge on any atom is -0.299 e. The van der Waals surface area contributed by atoms with Crippen molar-refractivity contribution in [2.24, 2.45) is 5.41 Å². The lowest BCUT2D eigenvalue weighted by molar-refractivity contribution is -0.124. The van der Waals surface area contributed by atoms with Crippen molar-refractivity contribution in [3.63, 3.8) is 0 Å². The Morgan fingerprint density at radius 1 is 1.25 bits per heavy atom. The predicted octanol–water partition coefficient (Wildman–Crippen LogP) is 3.44. The summed E-state index contributed by atoms with van der Waals surface area (Å²) >= 11 is 0. The summed E-state index contributed by atoms with van der Waals surface area (Å²) in [6.07, 6.45) is 1.13. The zero-order valence-corrected chi connectivity index (χ0v) is 9.39. The number of hydrogen-bond donors (Lipinski definition) is 0. The van der Waals surface area contributed by atoms with Gasteiger partial charge in [0, 0.05) is 11.8 Å². The predicted molar refractivity (Wildman–Crippen MR) is 57.1 cm³/mol. The van der Waals surface area contributed by atoms with E-state index >= 15 is 0 Å². The van der Waals surface area contributed by atoms with Crippen LogP contribution in [0.3, 0.4) is 0 Å². The van der Waals surface area contributed by atoms with Crippen molar-refractivity contribution in [2.45, 2.75) is 32.6 Å². The number of Topliss-reactive ketones (excluding diaryl/α,β-unsaturated/α-hetero) is 1. The fourth-order valence-electron chi connectivity index (χ4n) is 2.30. The van der Waals surface area contributed by atoms with E-state index in [1.807, 2.05) is 13.8 Å². The van der Waals surface area contributed by atoms with E-state index in [0.717, 1.165) is 11.6 Å². The van der Waals surface area contributed by atoms with Gasteiger partial charge in [-0.2, -0.15) is 0 Å². The van der Waals surface area contributed by atoms with Crippen molar-refractivity contribution in [1.29, 1.82) is 0 Å². The summed E-state index contributed by atoms with van der Waals surface area (Å²) in [4.78, 5) is 11.7. The quantitative estimate of drug-likeness (QED) is 0.714. The van der Waals surface area contributed by atoms with E-state index in [2.05, 4.69) is 0 Å². The summed E-state index contributed by atoms with van der Waals surface area (Å²) in [7, 11) is 0. The van der Waals surface area contributed by atoms with Gasteiger partial charge in [-0.15, -0.1) is 0 Å². The summed E-state index contributed by atoms with van der Waals surface area (Å²) in [5.41, 5.74) is 0.382. The van der Waals surface area contributed by atoms with Crippen LogP contribution >= 0.6 is 0 Å². The van der Waals surface area contributed by atoms with Crippen LogP contribution in [0.2, 0.25) is 0 Å². The Kier molecular flexibility index (Phi) is 2.56. The molecule has 0 spiro atoms. The van der Waals surface area contributed by atoms with Crippen molar-refractivity contribution in [2.75, 3.05) is 0 Å². The fraction of sp³-hybridized carbons (Fsp3) is 0.462. The minimum atomic E-state index is -0.840. The highest BCUT2D eigenvalue weighted by molar-refractivity contribution is 5.87. The van der Waals surface area contributed by atoms with E-state index in [4.69, 9.17) is 0 Å². The SMILES string of the molecule is CC1(C)CC(c2ccc(F)c(F)c2)CC1=O. The van der Waals surface area contributed by atoms with Gasteiger partial charge < -0.3 is 0 Å². The molecule has 1 atom stereocenters. The van der Waals surface area contributed by atoms with Crippen LogP contribution in [0, 0.1) is 17.0 Å². The highest BCUT2D eigenvalue weighted by atomic mass is 19.2. The Balaban J connectivity index is 2.27. The first-order valence-electron chi connectivity index (χ1n) is 5.38. The van der Waals surface area contributed by atoms with Crippen molar-refractivity contribution in [3.8, 4) is 0 Å². The van der Waals surface area contributed by atoms with E-state index in [0.29, 0.717) is 12.8 Å². The van der Waals surface area contributed by atoms with E-state index < -0.39 is 11.6 Å². The molecule has 0 aliphatic heterocycles. The highest BCUT2D eigenvalue weighted by Gasteiger charge is 2.39. The zero-order chi connectivity index (χ0) is 11.9. The van der Waals surface area contributed by atoms with Crippen LogP contribution in [0.25, 0.3) is 0 Å². The first-order valence-corrected chi connectivity index (χ1v) is 5.38. The molecule has 0 aromatic heterocycles. The first-order chi connectivity index (χ1) is 7.40. The molecule has 1 saturated carbocycles.